The number of anilines is 1. The third-order valence-electron chi connectivity index (χ3n) is 11.1. The Labute approximate surface area is 277 Å². The van der Waals surface area contributed by atoms with E-state index in [1.54, 1.807) is 0 Å². The molecular formula is C42H67NO2. The van der Waals surface area contributed by atoms with Gasteiger partial charge in [0.15, 0.2) is 0 Å². The molecule has 3 heteroatoms. The van der Waals surface area contributed by atoms with Crippen LogP contribution in [-0.2, 0) is 13.0 Å². The highest BCUT2D eigenvalue weighted by molar-refractivity contribution is 5.59. The topological polar surface area (TPSA) is 30.5 Å². The van der Waals surface area contributed by atoms with Crippen molar-refractivity contribution in [3.63, 3.8) is 0 Å². The Balaban J connectivity index is 1.26. The Morgan fingerprint density at radius 2 is 1.51 bits per heavy atom. The molecule has 0 aromatic heterocycles. The summed E-state index contributed by atoms with van der Waals surface area (Å²) in [6.07, 6.45) is 20.8. The van der Waals surface area contributed by atoms with Crippen molar-refractivity contribution >= 4 is 5.69 Å². The minimum Gasteiger partial charge on any atom is -0.488 e. The first-order chi connectivity index (χ1) is 21.5. The van der Waals surface area contributed by atoms with E-state index in [1.807, 2.05) is 0 Å². The average Bonchev–Trinajstić information content (AvgIpc) is 3.00. The lowest BCUT2D eigenvalue weighted by atomic mass is 9.83. The summed E-state index contributed by atoms with van der Waals surface area (Å²) in [5.41, 5.74) is 7.46. The molecule has 45 heavy (non-hydrogen) atoms. The molecule has 252 valence electrons. The fourth-order valence-corrected chi connectivity index (χ4v) is 7.87. The molecule has 1 aliphatic carbocycles. The second kappa shape index (κ2) is 17.1. The molecular weight excluding hydrogens is 550 g/mol. The van der Waals surface area contributed by atoms with E-state index in [9.17, 15) is 0 Å². The second-order valence-corrected chi connectivity index (χ2v) is 15.9. The van der Waals surface area contributed by atoms with Crippen molar-refractivity contribution in [2.75, 3.05) is 5.32 Å². The molecule has 0 spiro atoms. The summed E-state index contributed by atoms with van der Waals surface area (Å²) in [5, 5.41) is 3.77. The molecule has 0 bridgehead atoms. The van der Waals surface area contributed by atoms with Gasteiger partial charge in [0.25, 0.3) is 0 Å². The Hall–Kier alpha value is -2.16. The quantitative estimate of drug-likeness (QED) is 0.191. The van der Waals surface area contributed by atoms with E-state index in [1.165, 1.54) is 117 Å². The Kier molecular flexibility index (Phi) is 13.6. The van der Waals surface area contributed by atoms with Crippen LogP contribution in [0.4, 0.5) is 5.69 Å². The largest absolute Gasteiger partial charge is 0.488 e. The predicted molar refractivity (Wildman–Crippen MR) is 194 cm³/mol. The summed E-state index contributed by atoms with van der Waals surface area (Å²) in [7, 11) is 0. The van der Waals surface area contributed by atoms with Gasteiger partial charge in [0.2, 0.25) is 0 Å². The molecule has 0 radical (unpaired) electrons. The van der Waals surface area contributed by atoms with E-state index < -0.39 is 0 Å². The first-order valence-electron chi connectivity index (χ1n) is 18.8. The summed E-state index contributed by atoms with van der Waals surface area (Å²) in [6.45, 7) is 19.2. The minimum atomic E-state index is -0.0740. The monoisotopic (exact) mass is 618 g/mol. The van der Waals surface area contributed by atoms with Gasteiger partial charge in [-0.05, 0) is 118 Å². The van der Waals surface area contributed by atoms with Gasteiger partial charge in [0.1, 0.15) is 23.7 Å². The summed E-state index contributed by atoms with van der Waals surface area (Å²) >= 11 is 0. The molecule has 1 aliphatic heterocycles. The molecule has 3 nitrogen and oxygen atoms in total. The van der Waals surface area contributed by atoms with Crippen molar-refractivity contribution in [1.29, 1.82) is 0 Å². The number of rotatable bonds is 17. The number of fused-ring (bicyclic) bond motifs is 1. The highest BCUT2D eigenvalue weighted by Crippen LogP contribution is 2.45. The summed E-state index contributed by atoms with van der Waals surface area (Å²) in [5.74, 6) is 4.71. The molecule has 2 aromatic rings. The predicted octanol–water partition coefficient (Wildman–Crippen LogP) is 12.5. The molecule has 1 fully saturated rings. The van der Waals surface area contributed by atoms with Crippen LogP contribution in [0.1, 0.15) is 159 Å². The zero-order valence-corrected chi connectivity index (χ0v) is 30.5. The van der Waals surface area contributed by atoms with Crippen LogP contribution in [0.25, 0.3) is 0 Å². The van der Waals surface area contributed by atoms with Gasteiger partial charge in [-0.2, -0.15) is 0 Å². The molecule has 0 saturated heterocycles. The van der Waals surface area contributed by atoms with Crippen LogP contribution in [0.5, 0.6) is 11.5 Å². The van der Waals surface area contributed by atoms with Crippen molar-refractivity contribution in [2.24, 2.45) is 17.8 Å². The van der Waals surface area contributed by atoms with E-state index in [0.29, 0.717) is 12.6 Å². The third kappa shape index (κ3) is 10.7. The van der Waals surface area contributed by atoms with E-state index in [4.69, 9.17) is 9.47 Å². The lowest BCUT2D eigenvalue weighted by Gasteiger charge is -2.38. The fraction of sp³-hybridized carbons (Fsp3) is 0.714. The van der Waals surface area contributed by atoms with Crippen molar-refractivity contribution < 1.29 is 9.47 Å². The molecule has 0 unspecified atom stereocenters. The van der Waals surface area contributed by atoms with Gasteiger partial charge < -0.3 is 14.8 Å². The summed E-state index contributed by atoms with van der Waals surface area (Å²) in [4.78, 5) is 0. The van der Waals surface area contributed by atoms with Gasteiger partial charge >= 0.3 is 0 Å². The molecule has 1 heterocycles. The first-order valence-corrected chi connectivity index (χ1v) is 18.8. The Morgan fingerprint density at radius 3 is 2.20 bits per heavy atom. The SMILES string of the molecule is Cc1c(C)c2c(c(C)c1OCc1cccc(NC3CCCCC3)c1)CC[C@@](C)(CCC[C@H](C)CCC[C@H](C)CCCC(C)C)O2. The van der Waals surface area contributed by atoms with Gasteiger partial charge in [0, 0.05) is 17.3 Å². The molecule has 1 N–H and O–H groups in total. The number of hydrogen-bond acceptors (Lipinski definition) is 3. The molecule has 1 saturated carbocycles. The number of benzene rings is 2. The standard InChI is InChI=1S/C42H67NO2/c1-30(2)16-12-17-31(3)18-13-19-32(4)20-15-26-42(8)27-25-39-35(7)40(33(5)34(6)41(39)45-42)44-29-36-21-14-24-38(28-36)43-37-22-10-9-11-23-37/h14,21,24,28,30-32,37,43H,9-13,15-20,22-23,25-27,29H2,1-8H3/t31-,32-,42-/m1/s1. The Bertz CT molecular complexity index is 1200. The minimum absolute atomic E-state index is 0.0740. The maximum Gasteiger partial charge on any atom is 0.127 e. The Morgan fingerprint density at radius 1 is 0.844 bits per heavy atom. The van der Waals surface area contributed by atoms with Crippen LogP contribution in [0.2, 0.25) is 0 Å². The fourth-order valence-electron chi connectivity index (χ4n) is 7.87. The number of nitrogens with one attached hydrogen (secondary N) is 1. The van der Waals surface area contributed by atoms with Crippen molar-refractivity contribution in [3.05, 3.63) is 52.1 Å². The maximum atomic E-state index is 6.90. The third-order valence-corrected chi connectivity index (χ3v) is 11.1. The lowest BCUT2D eigenvalue weighted by Crippen LogP contribution is -2.37. The lowest BCUT2D eigenvalue weighted by molar-refractivity contribution is 0.0511. The van der Waals surface area contributed by atoms with Crippen LogP contribution in [-0.4, -0.2) is 11.6 Å². The summed E-state index contributed by atoms with van der Waals surface area (Å²) in [6, 6.07) is 9.43. The molecule has 4 rings (SSSR count). The van der Waals surface area contributed by atoms with Crippen LogP contribution >= 0.6 is 0 Å². The second-order valence-electron chi connectivity index (χ2n) is 15.9. The zero-order valence-electron chi connectivity index (χ0n) is 30.5. The van der Waals surface area contributed by atoms with E-state index in [2.05, 4.69) is 85.0 Å². The van der Waals surface area contributed by atoms with Crippen LogP contribution in [0, 0.1) is 38.5 Å². The van der Waals surface area contributed by atoms with Crippen molar-refractivity contribution in [1.82, 2.24) is 0 Å². The first kappa shape index (κ1) is 35.7. The smallest absolute Gasteiger partial charge is 0.127 e. The van der Waals surface area contributed by atoms with Gasteiger partial charge in [-0.25, -0.2) is 0 Å². The van der Waals surface area contributed by atoms with E-state index in [-0.39, 0.29) is 5.60 Å². The zero-order chi connectivity index (χ0) is 32.4. The van der Waals surface area contributed by atoms with E-state index in [0.717, 1.165) is 48.5 Å². The van der Waals surface area contributed by atoms with E-state index >= 15 is 0 Å². The van der Waals surface area contributed by atoms with Crippen LogP contribution < -0.4 is 14.8 Å². The summed E-state index contributed by atoms with van der Waals surface area (Å²) < 4.78 is 13.5. The van der Waals surface area contributed by atoms with Crippen LogP contribution in [0.3, 0.4) is 0 Å². The molecule has 3 atom stereocenters. The van der Waals surface area contributed by atoms with Gasteiger partial charge in [-0.15, -0.1) is 0 Å². The van der Waals surface area contributed by atoms with Gasteiger partial charge in [-0.3, -0.25) is 0 Å². The van der Waals surface area contributed by atoms with Crippen molar-refractivity contribution in [2.45, 2.75) is 176 Å². The van der Waals surface area contributed by atoms with Crippen molar-refractivity contribution in [3.8, 4) is 11.5 Å². The van der Waals surface area contributed by atoms with Crippen LogP contribution in [0.15, 0.2) is 24.3 Å². The average molecular weight is 618 g/mol. The highest BCUT2D eigenvalue weighted by atomic mass is 16.5. The van der Waals surface area contributed by atoms with Gasteiger partial charge in [0.05, 0.1) is 0 Å². The number of hydrogen-bond donors (Lipinski definition) is 1. The number of ether oxygens (including phenoxy) is 2. The highest BCUT2D eigenvalue weighted by Gasteiger charge is 2.34. The normalized spacial score (nSPS) is 20.0. The van der Waals surface area contributed by atoms with Gasteiger partial charge in [-0.1, -0.05) is 104 Å². The molecule has 2 aromatic carbocycles. The molecule has 0 amide bonds. The maximum absolute atomic E-state index is 6.90. The molecule has 2 aliphatic rings.